The van der Waals surface area contributed by atoms with Crippen LogP contribution in [0.3, 0.4) is 0 Å². The molecule has 2 N–H and O–H groups in total. The fourth-order valence-electron chi connectivity index (χ4n) is 3.56. The van der Waals surface area contributed by atoms with Crippen LogP contribution in [0.15, 0.2) is 27.9 Å². The molecular formula is C17H23N5O3. The summed E-state index contributed by atoms with van der Waals surface area (Å²) >= 11 is 0. The van der Waals surface area contributed by atoms with Crippen LogP contribution in [0.4, 0.5) is 5.82 Å². The molecule has 0 bridgehead atoms. The van der Waals surface area contributed by atoms with Crippen molar-refractivity contribution in [2.24, 2.45) is 21.1 Å². The number of nitrogens with zero attached hydrogens (tertiary/aromatic N) is 4. The Kier molecular flexibility index (Phi) is 4.38. The Bertz CT molecular complexity index is 937. The Morgan fingerprint density at radius 1 is 1.24 bits per heavy atom. The first-order valence-electron chi connectivity index (χ1n) is 8.27. The van der Waals surface area contributed by atoms with E-state index in [1.165, 1.54) is 14.1 Å². The van der Waals surface area contributed by atoms with Crippen molar-refractivity contribution in [2.75, 3.05) is 18.8 Å². The van der Waals surface area contributed by atoms with Crippen LogP contribution in [0.25, 0.3) is 0 Å². The zero-order valence-corrected chi connectivity index (χ0v) is 14.7. The van der Waals surface area contributed by atoms with Gasteiger partial charge >= 0.3 is 5.69 Å². The number of nitrogens with two attached hydrogens (primary N) is 1. The number of hydrogen-bond acceptors (Lipinski definition) is 5. The standard InChI is InChI=1S/C17H23N5O3/c1-19-8-4-6-11(19)12-7-5-9-22(12)10-13(23)14-15(18)20(2)17(25)21(3)16(14)24/h4,6,8,12H,5,7,9-10,18H2,1-3H3. The van der Waals surface area contributed by atoms with Gasteiger partial charge in [0.2, 0.25) is 0 Å². The Labute approximate surface area is 145 Å². The average molecular weight is 345 g/mol. The molecule has 3 rings (SSSR count). The third-order valence-corrected chi connectivity index (χ3v) is 5.02. The van der Waals surface area contributed by atoms with Crippen LogP contribution in [0.1, 0.15) is 34.9 Å². The number of Topliss-reactive ketones (excluding diaryl/α,β-unsaturated/α-hetero) is 1. The van der Waals surface area contributed by atoms with Crippen LogP contribution in [-0.2, 0) is 21.1 Å². The average Bonchev–Trinajstić information content (AvgIpc) is 3.19. The van der Waals surface area contributed by atoms with Crippen LogP contribution in [0.2, 0.25) is 0 Å². The highest BCUT2D eigenvalue weighted by molar-refractivity contribution is 6.01. The van der Waals surface area contributed by atoms with E-state index in [0.717, 1.165) is 34.2 Å². The van der Waals surface area contributed by atoms with Crippen molar-refractivity contribution in [3.8, 4) is 0 Å². The maximum absolute atomic E-state index is 12.8. The minimum atomic E-state index is -0.639. The molecule has 1 atom stereocenters. The second kappa shape index (κ2) is 6.36. The van der Waals surface area contributed by atoms with E-state index in [1.807, 2.05) is 29.9 Å². The number of aromatic nitrogens is 3. The Hall–Kier alpha value is -2.61. The lowest BCUT2D eigenvalue weighted by Gasteiger charge is -2.24. The molecule has 0 radical (unpaired) electrons. The van der Waals surface area contributed by atoms with Crippen molar-refractivity contribution in [1.82, 2.24) is 18.6 Å². The molecule has 0 aromatic carbocycles. The van der Waals surface area contributed by atoms with Crippen LogP contribution in [0.5, 0.6) is 0 Å². The van der Waals surface area contributed by atoms with E-state index >= 15 is 0 Å². The largest absolute Gasteiger partial charge is 0.384 e. The number of aryl methyl sites for hydroxylation is 1. The van der Waals surface area contributed by atoms with Gasteiger partial charge in [-0.2, -0.15) is 0 Å². The second-order valence-corrected chi connectivity index (χ2v) is 6.56. The Balaban J connectivity index is 1.92. The first kappa shape index (κ1) is 17.2. The molecule has 134 valence electrons. The summed E-state index contributed by atoms with van der Waals surface area (Å²) in [7, 11) is 4.79. The summed E-state index contributed by atoms with van der Waals surface area (Å²) in [4.78, 5) is 39.1. The van der Waals surface area contributed by atoms with E-state index in [0.29, 0.717) is 0 Å². The fraction of sp³-hybridized carbons (Fsp3) is 0.471. The van der Waals surface area contributed by atoms with Gasteiger partial charge in [0.25, 0.3) is 5.56 Å². The molecule has 1 unspecified atom stereocenters. The Morgan fingerprint density at radius 3 is 2.60 bits per heavy atom. The minimum Gasteiger partial charge on any atom is -0.384 e. The lowest BCUT2D eigenvalue weighted by atomic mass is 10.1. The highest BCUT2D eigenvalue weighted by Crippen LogP contribution is 2.31. The van der Waals surface area contributed by atoms with Crippen molar-refractivity contribution in [3.05, 3.63) is 50.4 Å². The number of anilines is 1. The molecule has 0 saturated carbocycles. The van der Waals surface area contributed by atoms with Crippen molar-refractivity contribution < 1.29 is 4.79 Å². The third kappa shape index (κ3) is 2.82. The van der Waals surface area contributed by atoms with Gasteiger partial charge in [-0.25, -0.2) is 4.79 Å². The number of rotatable bonds is 4. The van der Waals surface area contributed by atoms with E-state index in [9.17, 15) is 14.4 Å². The maximum Gasteiger partial charge on any atom is 0.332 e. The van der Waals surface area contributed by atoms with Crippen LogP contribution in [-0.4, -0.2) is 37.5 Å². The first-order valence-corrected chi connectivity index (χ1v) is 8.27. The van der Waals surface area contributed by atoms with Gasteiger partial charge in [0.15, 0.2) is 5.78 Å². The molecule has 3 heterocycles. The Morgan fingerprint density at radius 2 is 1.96 bits per heavy atom. The van der Waals surface area contributed by atoms with Gasteiger partial charge in [0.1, 0.15) is 11.4 Å². The summed E-state index contributed by atoms with van der Waals surface area (Å²) < 4.78 is 4.10. The van der Waals surface area contributed by atoms with E-state index in [4.69, 9.17) is 5.73 Å². The van der Waals surface area contributed by atoms with Crippen molar-refractivity contribution in [3.63, 3.8) is 0 Å². The highest BCUT2D eigenvalue weighted by atomic mass is 16.2. The SMILES string of the molecule is Cn1cccc1C1CCCN1CC(=O)c1c(N)n(C)c(=O)n(C)c1=O. The van der Waals surface area contributed by atoms with Gasteiger partial charge in [-0.05, 0) is 31.5 Å². The predicted molar refractivity (Wildman–Crippen MR) is 94.6 cm³/mol. The van der Waals surface area contributed by atoms with Crippen molar-refractivity contribution in [2.45, 2.75) is 18.9 Å². The summed E-state index contributed by atoms with van der Waals surface area (Å²) in [5, 5.41) is 0. The van der Waals surface area contributed by atoms with Gasteiger partial charge < -0.3 is 10.3 Å². The number of nitrogen functional groups attached to an aromatic ring is 1. The van der Waals surface area contributed by atoms with Gasteiger partial charge in [-0.1, -0.05) is 0 Å². The molecule has 1 fully saturated rings. The molecular weight excluding hydrogens is 322 g/mol. The van der Waals surface area contributed by atoms with Gasteiger partial charge in [-0.3, -0.25) is 23.6 Å². The smallest absolute Gasteiger partial charge is 0.332 e. The zero-order chi connectivity index (χ0) is 18.3. The zero-order valence-electron chi connectivity index (χ0n) is 14.7. The molecule has 0 spiro atoms. The number of carbonyl (C=O) groups excluding carboxylic acids is 1. The first-order chi connectivity index (χ1) is 11.8. The van der Waals surface area contributed by atoms with E-state index < -0.39 is 11.2 Å². The molecule has 1 aliphatic rings. The van der Waals surface area contributed by atoms with E-state index in [2.05, 4.69) is 4.90 Å². The number of ketones is 1. The van der Waals surface area contributed by atoms with Crippen LogP contribution < -0.4 is 17.0 Å². The van der Waals surface area contributed by atoms with Gasteiger partial charge in [0, 0.05) is 33.0 Å². The van der Waals surface area contributed by atoms with E-state index in [1.54, 1.807) is 0 Å². The molecule has 2 aromatic heterocycles. The summed E-state index contributed by atoms with van der Waals surface area (Å²) in [6.07, 6.45) is 3.93. The lowest BCUT2D eigenvalue weighted by molar-refractivity contribution is 0.0917. The van der Waals surface area contributed by atoms with Crippen LogP contribution >= 0.6 is 0 Å². The second-order valence-electron chi connectivity index (χ2n) is 6.56. The number of likely N-dealkylation sites (tertiary alicyclic amines) is 1. The lowest BCUT2D eigenvalue weighted by Crippen LogP contribution is -2.43. The molecule has 1 saturated heterocycles. The number of hydrogen-bond donors (Lipinski definition) is 1. The summed E-state index contributed by atoms with van der Waals surface area (Å²) in [5.41, 5.74) is 5.75. The molecule has 2 aromatic rings. The molecule has 1 aliphatic heterocycles. The quantitative estimate of drug-likeness (QED) is 0.789. The summed E-state index contributed by atoms with van der Waals surface area (Å²) in [6.45, 7) is 0.890. The fourth-order valence-corrected chi connectivity index (χ4v) is 3.56. The summed E-state index contributed by atoms with van der Waals surface area (Å²) in [6, 6.07) is 4.17. The van der Waals surface area contributed by atoms with Gasteiger partial charge in [-0.15, -0.1) is 0 Å². The number of carbonyl (C=O) groups is 1. The molecule has 0 amide bonds. The summed E-state index contributed by atoms with van der Waals surface area (Å²) in [5.74, 6) is -0.428. The molecule has 0 aliphatic carbocycles. The topological polar surface area (TPSA) is 95.3 Å². The van der Waals surface area contributed by atoms with Crippen molar-refractivity contribution >= 4 is 11.6 Å². The molecule has 8 heteroatoms. The van der Waals surface area contributed by atoms with Gasteiger partial charge in [0.05, 0.1) is 12.6 Å². The van der Waals surface area contributed by atoms with Crippen LogP contribution in [0, 0.1) is 0 Å². The highest BCUT2D eigenvalue weighted by Gasteiger charge is 2.31. The predicted octanol–water partition coefficient (Wildman–Crippen LogP) is 0.0245. The van der Waals surface area contributed by atoms with Crippen molar-refractivity contribution in [1.29, 1.82) is 0 Å². The minimum absolute atomic E-state index is 0.0762. The van der Waals surface area contributed by atoms with E-state index in [-0.39, 0.29) is 29.8 Å². The molecule has 25 heavy (non-hydrogen) atoms. The third-order valence-electron chi connectivity index (χ3n) is 5.02. The maximum atomic E-state index is 12.8. The monoisotopic (exact) mass is 345 g/mol. The molecule has 8 nitrogen and oxygen atoms in total. The normalized spacial score (nSPS) is 18.0.